The highest BCUT2D eigenvalue weighted by molar-refractivity contribution is 6.34. The Morgan fingerprint density at radius 2 is 1.80 bits per heavy atom. The predicted octanol–water partition coefficient (Wildman–Crippen LogP) is 7.14. The number of ketones is 1. The van der Waals surface area contributed by atoms with E-state index < -0.39 is 18.2 Å². The molecule has 3 rings (SSSR count). The van der Waals surface area contributed by atoms with Crippen LogP contribution in [-0.4, -0.2) is 17.7 Å². The van der Waals surface area contributed by atoms with Gasteiger partial charge in [0, 0.05) is 45.5 Å². The van der Waals surface area contributed by atoms with Gasteiger partial charge in [0.15, 0.2) is 0 Å². The van der Waals surface area contributed by atoms with E-state index in [-0.39, 0.29) is 27.1 Å². The Morgan fingerprint density at radius 3 is 2.37 bits per heavy atom. The van der Waals surface area contributed by atoms with E-state index in [1.807, 2.05) is 0 Å². The summed E-state index contributed by atoms with van der Waals surface area (Å²) in [5.74, 6) is 0.110. The standard InChI is InChI=1S/C21H17Cl3F3NO2/c1-2-17(29)6-5-12-3-4-13(7-18(12)24)19-11-20(30-28-19,21(25,26)27)14-8-15(22)10-16(23)9-14/h3-4,7-10H,2,5-6,11H2,1H3. The molecule has 0 amide bonds. The molecule has 9 heteroatoms. The number of carbonyl (C=O) groups excluding carboxylic acids is 1. The molecule has 3 nitrogen and oxygen atoms in total. The van der Waals surface area contributed by atoms with Crippen molar-refractivity contribution in [1.29, 1.82) is 0 Å². The third kappa shape index (κ3) is 4.61. The Hall–Kier alpha value is -1.76. The molecule has 0 fully saturated rings. The van der Waals surface area contributed by atoms with Gasteiger partial charge < -0.3 is 4.84 Å². The van der Waals surface area contributed by atoms with Gasteiger partial charge >= 0.3 is 6.18 Å². The fourth-order valence-electron chi connectivity index (χ4n) is 3.23. The van der Waals surface area contributed by atoms with Crippen LogP contribution in [0.25, 0.3) is 0 Å². The van der Waals surface area contributed by atoms with Crippen LogP contribution >= 0.6 is 34.8 Å². The van der Waals surface area contributed by atoms with Crippen LogP contribution in [0.1, 0.15) is 42.9 Å². The van der Waals surface area contributed by atoms with Gasteiger partial charge in [-0.1, -0.05) is 59.0 Å². The molecule has 1 atom stereocenters. The molecule has 0 saturated carbocycles. The van der Waals surface area contributed by atoms with Crippen LogP contribution in [0, 0.1) is 0 Å². The van der Waals surface area contributed by atoms with Gasteiger partial charge in [0.05, 0.1) is 5.71 Å². The second-order valence-electron chi connectivity index (χ2n) is 6.99. The van der Waals surface area contributed by atoms with Gasteiger partial charge in [-0.05, 0) is 36.2 Å². The average Bonchev–Trinajstić information content (AvgIpc) is 3.13. The summed E-state index contributed by atoms with van der Waals surface area (Å²) in [5, 5.41) is 4.20. The molecule has 0 N–H and O–H groups in total. The van der Waals surface area contributed by atoms with Crippen LogP contribution < -0.4 is 0 Å². The van der Waals surface area contributed by atoms with Crippen molar-refractivity contribution in [1.82, 2.24) is 0 Å². The van der Waals surface area contributed by atoms with Crippen molar-refractivity contribution in [2.24, 2.45) is 5.16 Å². The molecule has 1 unspecified atom stereocenters. The first-order chi connectivity index (χ1) is 14.1. The molecule has 0 aromatic heterocycles. The van der Waals surface area contributed by atoms with Crippen LogP contribution in [-0.2, 0) is 21.7 Å². The van der Waals surface area contributed by atoms with Gasteiger partial charge in [-0.25, -0.2) is 0 Å². The van der Waals surface area contributed by atoms with Crippen molar-refractivity contribution >= 4 is 46.3 Å². The van der Waals surface area contributed by atoms with Gasteiger partial charge in [0.1, 0.15) is 5.78 Å². The number of hydrogen-bond donors (Lipinski definition) is 0. The number of carbonyl (C=O) groups is 1. The zero-order valence-corrected chi connectivity index (χ0v) is 18.1. The van der Waals surface area contributed by atoms with Crippen LogP contribution in [0.3, 0.4) is 0 Å². The van der Waals surface area contributed by atoms with Crippen molar-refractivity contribution in [3.05, 3.63) is 68.2 Å². The summed E-state index contributed by atoms with van der Waals surface area (Å²) in [6, 6.07) is 8.52. The van der Waals surface area contributed by atoms with Crippen molar-refractivity contribution in [2.75, 3.05) is 0 Å². The lowest BCUT2D eigenvalue weighted by Crippen LogP contribution is -2.42. The van der Waals surface area contributed by atoms with Crippen LogP contribution in [0.5, 0.6) is 0 Å². The number of benzene rings is 2. The van der Waals surface area contributed by atoms with E-state index in [1.54, 1.807) is 19.1 Å². The topological polar surface area (TPSA) is 38.7 Å². The summed E-state index contributed by atoms with van der Waals surface area (Å²) in [4.78, 5) is 16.5. The van der Waals surface area contributed by atoms with E-state index >= 15 is 0 Å². The van der Waals surface area contributed by atoms with Crippen molar-refractivity contribution < 1.29 is 22.8 Å². The van der Waals surface area contributed by atoms with Gasteiger partial charge in [-0.2, -0.15) is 13.2 Å². The Bertz CT molecular complexity index is 987. The van der Waals surface area contributed by atoms with Crippen LogP contribution in [0.4, 0.5) is 13.2 Å². The minimum Gasteiger partial charge on any atom is -0.374 e. The van der Waals surface area contributed by atoms with E-state index in [4.69, 9.17) is 39.6 Å². The molecule has 1 aliphatic rings. The summed E-state index contributed by atoms with van der Waals surface area (Å²) in [6.45, 7) is 1.78. The maximum Gasteiger partial charge on any atom is 0.435 e. The summed E-state index contributed by atoms with van der Waals surface area (Å²) in [7, 11) is 0. The molecule has 30 heavy (non-hydrogen) atoms. The minimum atomic E-state index is -4.77. The maximum atomic E-state index is 14.1. The number of Topliss-reactive ketones (excluding diaryl/α,β-unsaturated/α-hetero) is 1. The lowest BCUT2D eigenvalue weighted by molar-refractivity contribution is -0.275. The number of aryl methyl sites for hydroxylation is 1. The van der Waals surface area contributed by atoms with Crippen LogP contribution in [0.15, 0.2) is 41.6 Å². The van der Waals surface area contributed by atoms with Gasteiger partial charge in [0.2, 0.25) is 0 Å². The molecule has 1 heterocycles. The van der Waals surface area contributed by atoms with E-state index in [1.165, 1.54) is 24.3 Å². The van der Waals surface area contributed by atoms with Crippen LogP contribution in [0.2, 0.25) is 15.1 Å². The Kier molecular flexibility index (Phi) is 6.70. The summed E-state index contributed by atoms with van der Waals surface area (Å²) in [5.41, 5.74) is -1.68. The molecular weight excluding hydrogens is 462 g/mol. The molecule has 0 radical (unpaired) electrons. The summed E-state index contributed by atoms with van der Waals surface area (Å²) >= 11 is 18.1. The molecule has 2 aromatic carbocycles. The molecule has 160 valence electrons. The monoisotopic (exact) mass is 477 g/mol. The number of alkyl halides is 3. The minimum absolute atomic E-state index is 0.0622. The fraction of sp³-hybridized carbons (Fsp3) is 0.333. The largest absolute Gasteiger partial charge is 0.435 e. The zero-order chi connectivity index (χ0) is 22.1. The number of hydrogen-bond acceptors (Lipinski definition) is 3. The van der Waals surface area contributed by atoms with Gasteiger partial charge in [-0.15, -0.1) is 0 Å². The Balaban J connectivity index is 1.89. The first-order valence-electron chi connectivity index (χ1n) is 9.14. The smallest absolute Gasteiger partial charge is 0.374 e. The maximum absolute atomic E-state index is 14.1. The highest BCUT2D eigenvalue weighted by Gasteiger charge is 2.62. The van der Waals surface area contributed by atoms with E-state index in [0.29, 0.717) is 29.8 Å². The lowest BCUT2D eigenvalue weighted by atomic mass is 9.86. The lowest BCUT2D eigenvalue weighted by Gasteiger charge is -2.29. The third-order valence-corrected chi connectivity index (χ3v) is 5.76. The molecule has 0 saturated heterocycles. The predicted molar refractivity (Wildman–Crippen MR) is 112 cm³/mol. The molecular formula is C21H17Cl3F3NO2. The molecule has 2 aromatic rings. The van der Waals surface area contributed by atoms with Gasteiger partial charge in [-0.3, -0.25) is 4.79 Å². The van der Waals surface area contributed by atoms with E-state index in [2.05, 4.69) is 5.16 Å². The number of oxime groups is 1. The fourth-order valence-corrected chi connectivity index (χ4v) is 4.03. The van der Waals surface area contributed by atoms with Crippen molar-refractivity contribution in [3.63, 3.8) is 0 Å². The molecule has 1 aliphatic heterocycles. The SMILES string of the molecule is CCC(=O)CCc1ccc(C2=NOC(c3cc(Cl)cc(Cl)c3)(C(F)(F)F)C2)cc1Cl. The van der Waals surface area contributed by atoms with E-state index in [0.717, 1.165) is 5.56 Å². The average molecular weight is 479 g/mol. The van der Waals surface area contributed by atoms with E-state index in [9.17, 15) is 18.0 Å². The number of nitrogens with zero attached hydrogens (tertiary/aromatic N) is 1. The van der Waals surface area contributed by atoms with Gasteiger partial charge in [0.25, 0.3) is 5.60 Å². The first-order valence-corrected chi connectivity index (χ1v) is 10.3. The highest BCUT2D eigenvalue weighted by Crippen LogP contribution is 2.49. The quantitative estimate of drug-likeness (QED) is 0.442. The molecule has 0 aliphatic carbocycles. The zero-order valence-electron chi connectivity index (χ0n) is 15.8. The second kappa shape index (κ2) is 8.77. The summed E-state index contributed by atoms with van der Waals surface area (Å²) < 4.78 is 42.2. The second-order valence-corrected chi connectivity index (χ2v) is 8.27. The highest BCUT2D eigenvalue weighted by atomic mass is 35.5. The normalized spacial score (nSPS) is 18.8. The van der Waals surface area contributed by atoms with Crippen molar-refractivity contribution in [2.45, 2.75) is 44.4 Å². The Morgan fingerprint density at radius 1 is 1.13 bits per heavy atom. The molecule has 0 spiro atoms. The molecule has 0 bridgehead atoms. The summed E-state index contributed by atoms with van der Waals surface area (Å²) in [6.07, 6.45) is -4.07. The van der Waals surface area contributed by atoms with Crippen molar-refractivity contribution in [3.8, 4) is 0 Å². The number of rotatable bonds is 6. The Labute approximate surface area is 186 Å². The third-order valence-electron chi connectivity index (χ3n) is 4.97. The first kappa shape index (κ1) is 22.9. The number of halogens is 6.